The molecule has 2 aromatic heterocycles. The molecule has 0 radical (unpaired) electrons. The molecule has 33 nitrogen and oxygen atoms in total. The number of alkyl halides is 1. The zero-order valence-electron chi connectivity index (χ0n) is 62.0. The Morgan fingerprint density at radius 1 is 0.709 bits per heavy atom. The van der Waals surface area contributed by atoms with E-state index in [4.69, 9.17) is 69.8 Å². The number of aliphatic hydroxyl groups is 2. The third-order valence-electron chi connectivity index (χ3n) is 17.5. The van der Waals surface area contributed by atoms with Gasteiger partial charge in [0.05, 0.1) is 116 Å². The molecule has 4 aromatic carbocycles. The number of imide groups is 1. The van der Waals surface area contributed by atoms with Crippen molar-refractivity contribution in [2.45, 2.75) is 58.6 Å². The van der Waals surface area contributed by atoms with Crippen LogP contribution in [0.2, 0.25) is 0 Å². The lowest BCUT2D eigenvalue weighted by Gasteiger charge is -2.26. The number of rotatable bonds is 47. The molecule has 6 aromatic rings. The second kappa shape index (κ2) is 44.3. The lowest BCUT2D eigenvalue weighted by atomic mass is 9.89. The highest BCUT2D eigenvalue weighted by atomic mass is 35.5. The summed E-state index contributed by atoms with van der Waals surface area (Å²) in [4.78, 5) is 142. The van der Waals surface area contributed by atoms with E-state index < -0.39 is 71.6 Å². The average Bonchev–Trinajstić information content (AvgIpc) is 1.54. The molecule has 0 spiro atoms. The SMILES string of the molecule is Cc1cccc2c(OC(=O)N(CCOCCOCCO)CCN(C)C(=O)OCc3ccc(NC(=O)[C@H](CCCNC(N)=O)CC(=O)[C@@H](NC(=O)OCCOCCN4C(=O)C=CC4=O)C(C)C)cc3)cc3c(c12)[C@H](CCl)CN3C(=O)c1cn2cc(NC(=O)c3ccc(OCCOCCOCCOCCO)cc3)ccc2n1. The summed E-state index contributed by atoms with van der Waals surface area (Å²) >= 11 is 6.72. The van der Waals surface area contributed by atoms with Crippen molar-refractivity contribution in [3.63, 3.8) is 0 Å². The number of aryl methyl sites for hydroxylation is 1. The first kappa shape index (κ1) is 85.3. The zero-order chi connectivity index (χ0) is 78.9. The van der Waals surface area contributed by atoms with Crippen molar-refractivity contribution in [2.24, 2.45) is 17.6 Å². The van der Waals surface area contributed by atoms with Crippen LogP contribution in [0.3, 0.4) is 0 Å². The molecule has 4 heterocycles. The summed E-state index contributed by atoms with van der Waals surface area (Å²) in [6.07, 6.45) is 3.23. The summed E-state index contributed by atoms with van der Waals surface area (Å²) in [7, 11) is 1.50. The van der Waals surface area contributed by atoms with Crippen molar-refractivity contribution in [1.29, 1.82) is 0 Å². The number of nitrogens with zero attached hydrogens (tertiary/aromatic N) is 6. The molecule has 2 aliphatic heterocycles. The fourth-order valence-corrected chi connectivity index (χ4v) is 12.1. The van der Waals surface area contributed by atoms with E-state index in [2.05, 4.69) is 26.3 Å². The number of benzene rings is 4. The van der Waals surface area contributed by atoms with E-state index in [1.807, 2.05) is 25.1 Å². The summed E-state index contributed by atoms with van der Waals surface area (Å²) < 4.78 is 57.3. The van der Waals surface area contributed by atoms with Crippen LogP contribution in [0, 0.1) is 18.8 Å². The molecule has 10 amide bonds. The van der Waals surface area contributed by atoms with E-state index in [-0.39, 0.29) is 167 Å². The first-order valence-electron chi connectivity index (χ1n) is 36.1. The number of likely N-dealkylation sites (N-methyl/N-ethyl adjacent to an activating group) is 1. The van der Waals surface area contributed by atoms with Crippen LogP contribution < -0.4 is 41.4 Å². The van der Waals surface area contributed by atoms with Crippen LogP contribution in [0.1, 0.15) is 76.6 Å². The fraction of sp³-hybridized carbons (Fsp3) is 0.461. The predicted octanol–water partition coefficient (Wildman–Crippen LogP) is 6.20. The van der Waals surface area contributed by atoms with Crippen LogP contribution in [0.15, 0.2) is 109 Å². The van der Waals surface area contributed by atoms with Gasteiger partial charge in [-0.2, -0.15) is 0 Å². The lowest BCUT2D eigenvalue weighted by Crippen LogP contribution is -2.46. The van der Waals surface area contributed by atoms with Gasteiger partial charge in [-0.1, -0.05) is 44.2 Å². The standard InChI is InChI=1S/C76H96ClN11O22/c1-50(2)69(83-74(98)108-42-40-102-30-26-87-65(92)20-21-66(87)93)62(91)43-54(8-6-22-79-73(78)97)71(95)80-56-14-10-52(11-15-56)49-109-75(99)84(4)23-24-85(25-29-101-33-34-103-31-27-89)76(100)110-63-44-61-68(67-51(3)7-5-9-59(63)67)55(45-77)46-88(61)72(96)60-48-86-47-57(16-19-64(86)82-60)81-70(94)53-12-17-58(18-13-53)107-41-39-106-38-37-105-36-35-104-32-28-90/h5,7,9-21,44,47-48,50,54-55,69,89-90H,6,8,22-43,45-46,49H2,1-4H3,(H,80,95)(H,81,94)(H,83,98)(H3,78,79,97)/t54-,55-,69+/m1/s1. The van der Waals surface area contributed by atoms with Gasteiger partial charge in [0.15, 0.2) is 5.78 Å². The second-order valence-corrected chi connectivity index (χ2v) is 26.1. The quantitative estimate of drug-likeness (QED) is 0.0127. The number of primary amides is 1. The minimum Gasteiger partial charge on any atom is -0.491 e. The number of nitrogens with one attached hydrogen (secondary N) is 4. The molecule has 594 valence electrons. The minimum atomic E-state index is -1.05. The number of carbonyl (C=O) groups excluding carboxylic acids is 10. The Balaban J connectivity index is 0.863. The topological polar surface area (TPSA) is 408 Å². The number of aliphatic hydroxyl groups excluding tert-OH is 2. The molecule has 8 N–H and O–H groups in total. The normalized spacial score (nSPS) is 13.7. The molecular formula is C76H96ClN11O22. The number of urea groups is 1. The number of ketones is 1. The first-order valence-corrected chi connectivity index (χ1v) is 36.6. The summed E-state index contributed by atoms with van der Waals surface area (Å²) in [6.45, 7) is 7.82. The number of aromatic nitrogens is 2. The number of Topliss-reactive ketones (excluding diaryl/α,β-unsaturated/α-hetero) is 1. The van der Waals surface area contributed by atoms with Gasteiger partial charge < -0.3 is 104 Å². The van der Waals surface area contributed by atoms with Gasteiger partial charge in [0.2, 0.25) is 5.91 Å². The van der Waals surface area contributed by atoms with Crippen molar-refractivity contribution in [2.75, 3.05) is 173 Å². The molecule has 0 saturated carbocycles. The van der Waals surface area contributed by atoms with E-state index in [0.29, 0.717) is 78.0 Å². The number of fused-ring (bicyclic) bond motifs is 4. The van der Waals surface area contributed by atoms with Gasteiger partial charge >= 0.3 is 24.3 Å². The molecule has 0 saturated heterocycles. The van der Waals surface area contributed by atoms with Crippen molar-refractivity contribution < 1.29 is 106 Å². The van der Waals surface area contributed by atoms with E-state index in [1.165, 1.54) is 16.8 Å². The Kier molecular flexibility index (Phi) is 34.4. The number of imidazole rings is 1. The number of pyridine rings is 1. The highest BCUT2D eigenvalue weighted by Crippen LogP contribution is 2.47. The molecule has 0 bridgehead atoms. The fourth-order valence-electron chi connectivity index (χ4n) is 11.8. The van der Waals surface area contributed by atoms with Crippen LogP contribution in [-0.2, 0) is 63.7 Å². The van der Waals surface area contributed by atoms with Crippen molar-refractivity contribution in [1.82, 2.24) is 34.7 Å². The van der Waals surface area contributed by atoms with E-state index in [0.717, 1.165) is 33.6 Å². The maximum atomic E-state index is 14.8. The van der Waals surface area contributed by atoms with Gasteiger partial charge in [-0.3, -0.25) is 33.7 Å². The third kappa shape index (κ3) is 25.9. The first-order chi connectivity index (χ1) is 53.2. The van der Waals surface area contributed by atoms with Crippen LogP contribution in [0.4, 0.5) is 36.2 Å². The van der Waals surface area contributed by atoms with Gasteiger partial charge in [-0.15, -0.1) is 11.6 Å². The van der Waals surface area contributed by atoms with Crippen LogP contribution in [0.5, 0.6) is 11.5 Å². The number of hydrogen-bond donors (Lipinski definition) is 7. The van der Waals surface area contributed by atoms with Gasteiger partial charge in [0.25, 0.3) is 23.6 Å². The van der Waals surface area contributed by atoms with E-state index >= 15 is 0 Å². The lowest BCUT2D eigenvalue weighted by molar-refractivity contribution is -0.137. The Hall–Kier alpha value is -10.4. The van der Waals surface area contributed by atoms with Crippen LogP contribution in [0.25, 0.3) is 16.4 Å². The van der Waals surface area contributed by atoms with Crippen LogP contribution >= 0.6 is 11.6 Å². The average molecular weight is 1550 g/mol. The molecule has 2 aliphatic rings. The smallest absolute Gasteiger partial charge is 0.415 e. The molecular weight excluding hydrogens is 1450 g/mol. The molecule has 0 fully saturated rings. The number of alkyl carbamates (subject to hydrolysis) is 1. The van der Waals surface area contributed by atoms with Gasteiger partial charge in [-0.25, -0.2) is 24.2 Å². The van der Waals surface area contributed by atoms with E-state index in [1.54, 1.807) is 102 Å². The Morgan fingerprint density at radius 2 is 1.35 bits per heavy atom. The summed E-state index contributed by atoms with van der Waals surface area (Å²) in [5.41, 5.74) is 9.56. The van der Waals surface area contributed by atoms with Gasteiger partial charge in [0, 0.05) is 111 Å². The largest absolute Gasteiger partial charge is 0.491 e. The van der Waals surface area contributed by atoms with Gasteiger partial charge in [0.1, 0.15) is 42.7 Å². The Morgan fingerprint density at radius 3 is 2.02 bits per heavy atom. The summed E-state index contributed by atoms with van der Waals surface area (Å²) in [5, 5.41) is 30.0. The van der Waals surface area contributed by atoms with Crippen molar-refractivity contribution in [3.05, 3.63) is 137 Å². The molecule has 8 rings (SSSR count). The maximum Gasteiger partial charge on any atom is 0.415 e. The molecule has 0 aliphatic carbocycles. The zero-order valence-corrected chi connectivity index (χ0v) is 62.7. The number of amides is 10. The molecule has 0 unspecified atom stereocenters. The molecule has 110 heavy (non-hydrogen) atoms. The molecule has 3 atom stereocenters. The Labute approximate surface area is 640 Å². The van der Waals surface area contributed by atoms with E-state index in [9.17, 15) is 53.1 Å². The van der Waals surface area contributed by atoms with Crippen molar-refractivity contribution >= 4 is 105 Å². The number of nitrogens with two attached hydrogens (primary N) is 1. The Bertz CT molecular complexity index is 4110. The highest BCUT2D eigenvalue weighted by molar-refractivity contribution is 6.19. The highest BCUT2D eigenvalue weighted by Gasteiger charge is 2.38. The second-order valence-electron chi connectivity index (χ2n) is 25.8. The number of ether oxygens (including phenoxy) is 10. The predicted molar refractivity (Wildman–Crippen MR) is 402 cm³/mol. The van der Waals surface area contributed by atoms with Crippen LogP contribution in [-0.4, -0.2) is 258 Å². The third-order valence-corrected chi connectivity index (χ3v) is 17.9. The summed E-state index contributed by atoms with van der Waals surface area (Å²) in [5.74, 6) is -3.56. The maximum absolute atomic E-state index is 14.8. The van der Waals surface area contributed by atoms with Crippen molar-refractivity contribution in [3.8, 4) is 11.5 Å². The monoisotopic (exact) mass is 1550 g/mol. The van der Waals surface area contributed by atoms with Gasteiger partial charge in [-0.05, 0) is 96.3 Å². The number of halogens is 1. The number of anilines is 3. The summed E-state index contributed by atoms with van der Waals surface area (Å²) in [6, 6.07) is 21.8. The number of carbonyl (C=O) groups is 10. The minimum absolute atomic E-state index is 0.000757. The molecule has 34 heteroatoms. The number of hydrogen-bond acceptors (Lipinski definition) is 23.